The number of fused-ring (bicyclic) bond motifs is 1. The standard InChI is InChI=1S/C19H16BrClN6O/c1-3-26-10-13(20)18(25-26)16-6-7-22-17-9-15(24-27(16)17)19(28)23-14-8-12(21)5-4-11(14)2/h4-10H,3H2,1-2H3,(H,23,28). The molecule has 1 aromatic carbocycles. The van der Waals surface area contributed by atoms with E-state index in [0.717, 1.165) is 28.0 Å². The average Bonchev–Trinajstić information content (AvgIpc) is 3.28. The Morgan fingerprint density at radius 3 is 2.82 bits per heavy atom. The van der Waals surface area contributed by atoms with E-state index in [1.165, 1.54) is 0 Å². The lowest BCUT2D eigenvalue weighted by Crippen LogP contribution is -2.13. The molecule has 7 nitrogen and oxygen atoms in total. The molecule has 0 saturated heterocycles. The first-order valence-corrected chi connectivity index (χ1v) is 9.79. The molecule has 0 radical (unpaired) electrons. The summed E-state index contributed by atoms with van der Waals surface area (Å²) in [6.45, 7) is 4.66. The number of carbonyl (C=O) groups is 1. The highest BCUT2D eigenvalue weighted by molar-refractivity contribution is 9.10. The number of halogens is 2. The third kappa shape index (κ3) is 3.41. The number of amides is 1. The van der Waals surface area contributed by atoms with Crippen LogP contribution in [0.2, 0.25) is 5.02 Å². The molecule has 0 aliphatic carbocycles. The van der Waals surface area contributed by atoms with Gasteiger partial charge in [-0.05, 0) is 53.5 Å². The minimum Gasteiger partial charge on any atom is -0.320 e. The molecule has 9 heteroatoms. The van der Waals surface area contributed by atoms with Gasteiger partial charge in [0.1, 0.15) is 5.69 Å². The van der Waals surface area contributed by atoms with Crippen molar-refractivity contribution in [3.05, 3.63) is 63.5 Å². The van der Waals surface area contributed by atoms with Crippen molar-refractivity contribution in [3.8, 4) is 11.4 Å². The predicted octanol–water partition coefficient (Wildman–Crippen LogP) is 4.59. The smallest absolute Gasteiger partial charge is 0.276 e. The molecular formula is C19H16BrClN6O. The summed E-state index contributed by atoms with van der Waals surface area (Å²) in [7, 11) is 0. The molecule has 0 aliphatic heterocycles. The molecule has 4 aromatic rings. The molecular weight excluding hydrogens is 444 g/mol. The molecule has 0 bridgehead atoms. The van der Waals surface area contributed by atoms with Gasteiger partial charge in [0.15, 0.2) is 11.3 Å². The predicted molar refractivity (Wildman–Crippen MR) is 112 cm³/mol. The van der Waals surface area contributed by atoms with Crippen LogP contribution >= 0.6 is 27.5 Å². The van der Waals surface area contributed by atoms with Crippen LogP contribution in [0.4, 0.5) is 5.69 Å². The lowest BCUT2D eigenvalue weighted by atomic mass is 10.2. The van der Waals surface area contributed by atoms with Gasteiger partial charge in [0.25, 0.3) is 5.91 Å². The zero-order valence-electron chi connectivity index (χ0n) is 15.1. The lowest BCUT2D eigenvalue weighted by molar-refractivity contribution is 0.102. The number of hydrogen-bond donors (Lipinski definition) is 1. The Labute approximate surface area is 174 Å². The maximum absolute atomic E-state index is 12.7. The van der Waals surface area contributed by atoms with Gasteiger partial charge in [-0.15, -0.1) is 0 Å². The number of rotatable bonds is 4. The van der Waals surface area contributed by atoms with Crippen molar-refractivity contribution < 1.29 is 4.79 Å². The van der Waals surface area contributed by atoms with E-state index in [2.05, 4.69) is 36.4 Å². The number of nitrogens with zero attached hydrogens (tertiary/aromatic N) is 5. The fraction of sp³-hybridized carbons (Fsp3) is 0.158. The third-order valence-electron chi connectivity index (χ3n) is 4.32. The van der Waals surface area contributed by atoms with Gasteiger partial charge < -0.3 is 5.32 Å². The Morgan fingerprint density at radius 2 is 2.07 bits per heavy atom. The summed E-state index contributed by atoms with van der Waals surface area (Å²) < 4.78 is 4.29. The second kappa shape index (κ2) is 7.37. The molecule has 3 aromatic heterocycles. The number of carbonyl (C=O) groups excluding carboxylic acids is 1. The van der Waals surface area contributed by atoms with Crippen molar-refractivity contribution in [2.24, 2.45) is 0 Å². The second-order valence-corrected chi connectivity index (χ2v) is 7.52. The molecule has 0 aliphatic rings. The first kappa shape index (κ1) is 18.6. The third-order valence-corrected chi connectivity index (χ3v) is 5.14. The number of aromatic nitrogens is 5. The Hall–Kier alpha value is -2.71. The van der Waals surface area contributed by atoms with Gasteiger partial charge in [0, 0.05) is 35.7 Å². The van der Waals surface area contributed by atoms with Crippen LogP contribution in [-0.2, 0) is 6.54 Å². The van der Waals surface area contributed by atoms with Crippen LogP contribution in [-0.4, -0.2) is 30.3 Å². The summed E-state index contributed by atoms with van der Waals surface area (Å²) >= 11 is 9.57. The van der Waals surface area contributed by atoms with Crippen molar-refractivity contribution in [2.45, 2.75) is 20.4 Å². The first-order chi connectivity index (χ1) is 13.5. The van der Waals surface area contributed by atoms with Gasteiger partial charge in [-0.2, -0.15) is 10.2 Å². The van der Waals surface area contributed by atoms with E-state index in [1.807, 2.05) is 36.9 Å². The molecule has 0 saturated carbocycles. The van der Waals surface area contributed by atoms with E-state index in [9.17, 15) is 4.79 Å². The largest absolute Gasteiger partial charge is 0.320 e. The fourth-order valence-corrected chi connectivity index (χ4v) is 3.52. The number of anilines is 1. The normalized spacial score (nSPS) is 11.1. The van der Waals surface area contributed by atoms with E-state index in [0.29, 0.717) is 16.4 Å². The molecule has 4 rings (SSSR count). The SMILES string of the molecule is CCn1cc(Br)c(-c2ccnc3cc(C(=O)Nc4cc(Cl)ccc4C)nn23)n1. The molecule has 0 atom stereocenters. The van der Waals surface area contributed by atoms with Crippen LogP contribution in [0.25, 0.3) is 17.0 Å². The summed E-state index contributed by atoms with van der Waals surface area (Å²) in [6.07, 6.45) is 3.58. The Balaban J connectivity index is 1.73. The summed E-state index contributed by atoms with van der Waals surface area (Å²) in [5, 5.41) is 12.4. The number of hydrogen-bond acceptors (Lipinski definition) is 4. The van der Waals surface area contributed by atoms with Gasteiger partial charge in [-0.25, -0.2) is 9.50 Å². The molecule has 28 heavy (non-hydrogen) atoms. The molecule has 0 spiro atoms. The summed E-state index contributed by atoms with van der Waals surface area (Å²) in [6, 6.07) is 8.80. The fourth-order valence-electron chi connectivity index (χ4n) is 2.83. The summed E-state index contributed by atoms with van der Waals surface area (Å²) in [5.41, 5.74) is 3.84. The van der Waals surface area contributed by atoms with Gasteiger partial charge in [0.05, 0.1) is 10.2 Å². The summed E-state index contributed by atoms with van der Waals surface area (Å²) in [4.78, 5) is 17.0. The van der Waals surface area contributed by atoms with E-state index >= 15 is 0 Å². The van der Waals surface area contributed by atoms with Gasteiger partial charge in [-0.1, -0.05) is 17.7 Å². The van der Waals surface area contributed by atoms with Crippen molar-refractivity contribution >= 4 is 44.8 Å². The van der Waals surface area contributed by atoms with Gasteiger partial charge >= 0.3 is 0 Å². The van der Waals surface area contributed by atoms with E-state index < -0.39 is 0 Å². The quantitative estimate of drug-likeness (QED) is 0.484. The monoisotopic (exact) mass is 458 g/mol. The summed E-state index contributed by atoms with van der Waals surface area (Å²) in [5.74, 6) is -0.333. The lowest BCUT2D eigenvalue weighted by Gasteiger charge is -2.07. The topological polar surface area (TPSA) is 77.1 Å². The van der Waals surface area contributed by atoms with E-state index in [4.69, 9.17) is 11.6 Å². The van der Waals surface area contributed by atoms with E-state index in [1.54, 1.807) is 28.9 Å². The number of benzene rings is 1. The van der Waals surface area contributed by atoms with Crippen LogP contribution in [0.1, 0.15) is 23.0 Å². The molecule has 3 heterocycles. The van der Waals surface area contributed by atoms with Crippen molar-refractivity contribution in [1.82, 2.24) is 24.4 Å². The maximum Gasteiger partial charge on any atom is 0.276 e. The molecule has 1 amide bonds. The second-order valence-electron chi connectivity index (χ2n) is 6.22. The average molecular weight is 460 g/mol. The van der Waals surface area contributed by atoms with Gasteiger partial charge in [0.2, 0.25) is 0 Å². The number of nitrogens with one attached hydrogen (secondary N) is 1. The maximum atomic E-state index is 12.7. The zero-order chi connectivity index (χ0) is 19.8. The van der Waals surface area contributed by atoms with E-state index in [-0.39, 0.29) is 11.6 Å². The van der Waals surface area contributed by atoms with Crippen molar-refractivity contribution in [2.75, 3.05) is 5.32 Å². The van der Waals surface area contributed by atoms with Crippen LogP contribution < -0.4 is 5.32 Å². The van der Waals surface area contributed by atoms with Crippen LogP contribution in [0.15, 0.2) is 47.2 Å². The first-order valence-electron chi connectivity index (χ1n) is 8.62. The molecule has 142 valence electrons. The van der Waals surface area contributed by atoms with Crippen molar-refractivity contribution in [3.63, 3.8) is 0 Å². The number of aryl methyl sites for hydroxylation is 2. The Bertz CT molecular complexity index is 1200. The van der Waals surface area contributed by atoms with Crippen LogP contribution in [0.3, 0.4) is 0 Å². The zero-order valence-corrected chi connectivity index (χ0v) is 17.5. The Kier molecular flexibility index (Phi) is 4.91. The molecule has 0 fully saturated rings. The molecule has 0 unspecified atom stereocenters. The highest BCUT2D eigenvalue weighted by Crippen LogP contribution is 2.27. The van der Waals surface area contributed by atoms with Crippen molar-refractivity contribution in [1.29, 1.82) is 0 Å². The van der Waals surface area contributed by atoms with Crippen LogP contribution in [0, 0.1) is 6.92 Å². The minimum absolute atomic E-state index is 0.255. The van der Waals surface area contributed by atoms with Crippen LogP contribution in [0.5, 0.6) is 0 Å². The van der Waals surface area contributed by atoms with Gasteiger partial charge in [-0.3, -0.25) is 9.48 Å². The molecule has 1 N–H and O–H groups in total. The highest BCUT2D eigenvalue weighted by Gasteiger charge is 2.18. The minimum atomic E-state index is -0.333. The highest BCUT2D eigenvalue weighted by atomic mass is 79.9. The Morgan fingerprint density at radius 1 is 1.25 bits per heavy atom.